The first-order chi connectivity index (χ1) is 9.23. The first kappa shape index (κ1) is 18.9. The lowest BCUT2D eigenvalue weighted by Crippen LogP contribution is -2.36. The predicted molar refractivity (Wildman–Crippen MR) is 85.6 cm³/mol. The molecule has 0 aliphatic carbocycles. The molecule has 0 bridgehead atoms. The molecule has 0 aliphatic heterocycles. The van der Waals surface area contributed by atoms with Crippen molar-refractivity contribution in [3.63, 3.8) is 0 Å². The Balaban J connectivity index is 0.000000441. The maximum Gasteiger partial charge on any atom is 0.222 e. The van der Waals surface area contributed by atoms with Crippen LogP contribution in [-0.2, 0) is 0 Å². The molecule has 1 rings (SSSR count). The Morgan fingerprint density at radius 2 is 1.60 bits per heavy atom. The third-order valence-corrected chi connectivity index (χ3v) is 2.87. The number of hydrogen-bond donors (Lipinski definition) is 1. The summed E-state index contributed by atoms with van der Waals surface area (Å²) in [4.78, 5) is 31.8. The Labute approximate surface area is 132 Å². The minimum atomic E-state index is -0.190. The average molecular weight is 392 g/mol. The Hall–Kier alpha value is -1.12. The van der Waals surface area contributed by atoms with Crippen molar-refractivity contribution in [3.05, 3.63) is 34.9 Å². The van der Waals surface area contributed by atoms with Crippen LogP contribution in [0.4, 0.5) is 0 Å². The molecule has 20 heavy (non-hydrogen) atoms. The zero-order valence-corrected chi connectivity index (χ0v) is 14.0. The average Bonchev–Trinajstić information content (AvgIpc) is 2.37. The van der Waals surface area contributed by atoms with Gasteiger partial charge in [-0.3, -0.25) is 14.4 Å². The van der Waals surface area contributed by atoms with E-state index >= 15 is 0 Å². The highest BCUT2D eigenvalue weighted by Crippen LogP contribution is 2.11. The number of hydrogen-bond acceptors (Lipinski definition) is 4. The molecule has 0 amide bonds. The number of aliphatic hydroxyl groups excluding tert-OH is 1. The number of likely N-dealkylation sites (N-methyl/N-ethyl adjacent to an activating group) is 1. The number of carbonyl (C=O) groups is 3. The summed E-state index contributed by atoms with van der Waals surface area (Å²) < 4.78 is 0.653. The molecule has 0 fully saturated rings. The molecule has 0 saturated carbocycles. The summed E-state index contributed by atoms with van der Waals surface area (Å²) in [5.74, 6) is 0. The molecule has 1 aromatic rings. The summed E-state index contributed by atoms with van der Waals surface area (Å²) >= 11 is 1.60. The third-order valence-electron chi connectivity index (χ3n) is 2.25. The van der Waals surface area contributed by atoms with E-state index in [4.69, 9.17) is 5.11 Å². The molecular formula is C14H19INO4+. The van der Waals surface area contributed by atoms with Gasteiger partial charge in [-0.25, -0.2) is 0 Å². The molecule has 0 heterocycles. The van der Waals surface area contributed by atoms with E-state index in [1.165, 1.54) is 18.2 Å². The highest BCUT2D eigenvalue weighted by atomic mass is 127. The van der Waals surface area contributed by atoms with Crippen LogP contribution in [0.15, 0.2) is 18.2 Å². The Morgan fingerprint density at radius 3 is 1.80 bits per heavy atom. The van der Waals surface area contributed by atoms with Gasteiger partial charge in [0.25, 0.3) is 0 Å². The molecule has 0 aliphatic rings. The van der Waals surface area contributed by atoms with Crippen LogP contribution in [0.1, 0.15) is 31.1 Å². The van der Waals surface area contributed by atoms with Gasteiger partial charge in [-0.15, -0.1) is 0 Å². The van der Waals surface area contributed by atoms with Crippen LogP contribution in [0.25, 0.3) is 0 Å². The van der Waals surface area contributed by atoms with Crippen molar-refractivity contribution in [1.29, 1.82) is 0 Å². The van der Waals surface area contributed by atoms with Crippen molar-refractivity contribution in [2.45, 2.75) is 0 Å². The fraction of sp³-hybridized carbons (Fsp3) is 0.357. The second kappa shape index (κ2) is 8.93. The van der Waals surface area contributed by atoms with Gasteiger partial charge < -0.3 is 9.59 Å². The maximum atomic E-state index is 10.9. The first-order valence-electron chi connectivity index (χ1n) is 5.90. The number of aldehydes is 2. The monoisotopic (exact) mass is 392 g/mol. The fourth-order valence-electron chi connectivity index (χ4n) is 1.23. The number of carbonyl (C=O) groups excluding carboxylic acids is 3. The van der Waals surface area contributed by atoms with Gasteiger partial charge >= 0.3 is 0 Å². The van der Waals surface area contributed by atoms with Crippen molar-refractivity contribution >= 4 is 39.0 Å². The van der Waals surface area contributed by atoms with E-state index in [0.29, 0.717) is 29.3 Å². The van der Waals surface area contributed by atoms with Crippen LogP contribution in [0, 0.1) is 0 Å². The first-order valence-corrected chi connectivity index (χ1v) is 6.98. The van der Waals surface area contributed by atoms with Gasteiger partial charge in [-0.2, -0.15) is 0 Å². The molecule has 6 heteroatoms. The molecule has 1 aromatic carbocycles. The largest absolute Gasteiger partial charge is 0.391 e. The van der Waals surface area contributed by atoms with E-state index in [9.17, 15) is 14.4 Å². The molecule has 0 radical (unpaired) electrons. The molecule has 110 valence electrons. The smallest absolute Gasteiger partial charge is 0.222 e. The molecule has 1 N–H and O–H groups in total. The van der Waals surface area contributed by atoms with Crippen molar-refractivity contribution < 1.29 is 24.0 Å². The fourth-order valence-corrected chi connectivity index (χ4v) is 1.54. The van der Waals surface area contributed by atoms with E-state index in [-0.39, 0.29) is 10.4 Å². The van der Waals surface area contributed by atoms with Gasteiger partial charge in [-0.05, 0) is 18.2 Å². The highest BCUT2D eigenvalue weighted by molar-refractivity contribution is 14.1. The molecule has 5 nitrogen and oxygen atoms in total. The van der Waals surface area contributed by atoms with E-state index < -0.39 is 0 Å². The van der Waals surface area contributed by atoms with Gasteiger partial charge in [0.05, 0.1) is 27.7 Å². The van der Waals surface area contributed by atoms with Gasteiger partial charge in [0.2, 0.25) is 3.79 Å². The van der Waals surface area contributed by atoms with Crippen LogP contribution in [-0.4, -0.2) is 60.2 Å². The number of quaternary nitrogens is 1. The minimum absolute atomic E-state index is 0.190. The van der Waals surface area contributed by atoms with E-state index in [1.807, 2.05) is 0 Å². The van der Waals surface area contributed by atoms with Crippen LogP contribution in [0.5, 0.6) is 0 Å². The van der Waals surface area contributed by atoms with Crippen molar-refractivity contribution in [1.82, 2.24) is 0 Å². The lowest BCUT2D eigenvalue weighted by Gasteiger charge is -2.21. The Kier molecular flexibility index (Phi) is 8.43. The van der Waals surface area contributed by atoms with Crippen molar-refractivity contribution in [2.24, 2.45) is 0 Å². The lowest BCUT2D eigenvalue weighted by molar-refractivity contribution is -0.870. The second-order valence-electron chi connectivity index (χ2n) is 5.14. The lowest BCUT2D eigenvalue weighted by atomic mass is 10.1. The standard InChI is InChI=1S/C9H5IO3.C5H14NO/c10-9(13)8-2-6(4-11)1-7(3-8)5-12;1-6(2,3)4-5-7/h1-5H;7H,4-5H2,1-3H3/q;+1. The van der Waals surface area contributed by atoms with Gasteiger partial charge in [0, 0.05) is 39.3 Å². The second-order valence-corrected chi connectivity index (χ2v) is 6.12. The van der Waals surface area contributed by atoms with E-state index in [2.05, 4.69) is 21.1 Å². The third kappa shape index (κ3) is 8.13. The summed E-state index contributed by atoms with van der Waals surface area (Å²) in [6, 6.07) is 4.34. The molecule has 0 unspecified atom stereocenters. The topological polar surface area (TPSA) is 71.4 Å². The zero-order chi connectivity index (χ0) is 15.8. The van der Waals surface area contributed by atoms with E-state index in [0.717, 1.165) is 11.0 Å². The van der Waals surface area contributed by atoms with Crippen LogP contribution >= 0.6 is 22.6 Å². The summed E-state index contributed by atoms with van der Waals surface area (Å²) in [5.41, 5.74) is 1.04. The quantitative estimate of drug-likeness (QED) is 0.358. The van der Waals surface area contributed by atoms with Gasteiger partial charge in [0.15, 0.2) is 0 Å². The van der Waals surface area contributed by atoms with Gasteiger partial charge in [0.1, 0.15) is 19.1 Å². The molecular weight excluding hydrogens is 373 g/mol. The van der Waals surface area contributed by atoms with Crippen LogP contribution < -0.4 is 0 Å². The predicted octanol–water partition coefficient (Wildman–Crippen LogP) is 1.57. The summed E-state index contributed by atoms with van der Waals surface area (Å²) in [6.07, 6.45) is 1.21. The van der Waals surface area contributed by atoms with Gasteiger partial charge in [-0.1, -0.05) is 0 Å². The van der Waals surface area contributed by atoms with Crippen molar-refractivity contribution in [3.8, 4) is 0 Å². The normalized spacial score (nSPS) is 10.2. The van der Waals surface area contributed by atoms with E-state index in [1.54, 1.807) is 22.6 Å². The number of aliphatic hydroxyl groups is 1. The van der Waals surface area contributed by atoms with Crippen LogP contribution in [0.2, 0.25) is 0 Å². The Bertz CT molecular complexity index is 454. The summed E-state index contributed by atoms with van der Waals surface area (Å²) in [6.45, 7) is 1.11. The highest BCUT2D eigenvalue weighted by Gasteiger charge is 2.04. The molecule has 0 aromatic heterocycles. The number of halogens is 1. The maximum absolute atomic E-state index is 10.9. The zero-order valence-electron chi connectivity index (χ0n) is 11.8. The number of nitrogens with zero attached hydrogens (tertiary/aromatic N) is 1. The number of benzene rings is 1. The minimum Gasteiger partial charge on any atom is -0.391 e. The Morgan fingerprint density at radius 1 is 1.15 bits per heavy atom. The van der Waals surface area contributed by atoms with Crippen molar-refractivity contribution in [2.75, 3.05) is 34.3 Å². The number of rotatable bonds is 5. The van der Waals surface area contributed by atoms with Crippen LogP contribution in [0.3, 0.4) is 0 Å². The molecule has 0 spiro atoms. The SMILES string of the molecule is C[N+](C)(C)CCO.O=Cc1cc(C=O)cc(C(=O)I)c1. The summed E-state index contributed by atoms with van der Waals surface area (Å²) in [7, 11) is 6.16. The summed E-state index contributed by atoms with van der Waals surface area (Å²) in [5, 5.41) is 8.39. The molecule has 0 saturated heterocycles. The molecule has 0 atom stereocenters.